The van der Waals surface area contributed by atoms with Gasteiger partial charge in [0.25, 0.3) is 0 Å². The number of methoxy groups -OCH3 is 1. The van der Waals surface area contributed by atoms with Gasteiger partial charge in [-0.05, 0) is 55.7 Å². The molecule has 2 rings (SSSR count). The third kappa shape index (κ3) is 4.90. The van der Waals surface area contributed by atoms with E-state index in [2.05, 4.69) is 42.7 Å². The van der Waals surface area contributed by atoms with E-state index in [1.807, 2.05) is 13.0 Å². The monoisotopic (exact) mass is 346 g/mol. The molecule has 0 unspecified atom stereocenters. The average Bonchev–Trinajstić information content (AvgIpc) is 2.49. The van der Waals surface area contributed by atoms with E-state index in [4.69, 9.17) is 16.3 Å². The number of rotatable bonds is 6. The molecule has 0 fully saturated rings. The van der Waals surface area contributed by atoms with Gasteiger partial charge < -0.3 is 15.4 Å². The van der Waals surface area contributed by atoms with E-state index < -0.39 is 0 Å². The number of halogens is 1. The van der Waals surface area contributed by atoms with Crippen LogP contribution in [0.4, 0.5) is 11.4 Å². The van der Waals surface area contributed by atoms with Crippen molar-refractivity contribution in [2.24, 2.45) is 0 Å². The Morgan fingerprint density at radius 2 is 1.75 bits per heavy atom. The lowest BCUT2D eigenvalue weighted by Crippen LogP contribution is -2.17. The summed E-state index contributed by atoms with van der Waals surface area (Å²) in [6, 6.07) is 9.77. The first-order valence-electron chi connectivity index (χ1n) is 7.85. The highest BCUT2D eigenvalue weighted by Crippen LogP contribution is 2.31. The van der Waals surface area contributed by atoms with E-state index in [0.29, 0.717) is 29.4 Å². The molecule has 0 saturated heterocycles. The Bertz CT molecular complexity index is 724. The first-order chi connectivity index (χ1) is 11.4. The molecule has 0 spiro atoms. The molecule has 4 nitrogen and oxygen atoms in total. The first-order valence-corrected chi connectivity index (χ1v) is 8.23. The molecular formula is C19H23ClN2O2. The van der Waals surface area contributed by atoms with Crippen molar-refractivity contribution in [3.63, 3.8) is 0 Å². The molecule has 128 valence electrons. The Balaban J connectivity index is 1.93. The molecule has 5 heteroatoms. The maximum absolute atomic E-state index is 12.2. The predicted molar refractivity (Wildman–Crippen MR) is 100 cm³/mol. The van der Waals surface area contributed by atoms with Crippen molar-refractivity contribution in [1.29, 1.82) is 0 Å². The number of amides is 1. The van der Waals surface area contributed by atoms with Crippen LogP contribution in [-0.4, -0.2) is 19.6 Å². The minimum Gasteiger partial charge on any atom is -0.495 e. The van der Waals surface area contributed by atoms with Crippen molar-refractivity contribution in [1.82, 2.24) is 0 Å². The van der Waals surface area contributed by atoms with E-state index in [1.165, 1.54) is 11.1 Å². The van der Waals surface area contributed by atoms with E-state index in [9.17, 15) is 4.79 Å². The molecule has 2 aromatic carbocycles. The van der Waals surface area contributed by atoms with Gasteiger partial charge >= 0.3 is 0 Å². The lowest BCUT2D eigenvalue weighted by atomic mass is 10.1. The number of hydrogen-bond donors (Lipinski definition) is 2. The smallest absolute Gasteiger partial charge is 0.226 e. The van der Waals surface area contributed by atoms with Crippen LogP contribution in [-0.2, 0) is 4.79 Å². The summed E-state index contributed by atoms with van der Waals surface area (Å²) in [7, 11) is 1.55. The van der Waals surface area contributed by atoms with Crippen LogP contribution in [0.25, 0.3) is 0 Å². The molecule has 0 aliphatic heterocycles. The van der Waals surface area contributed by atoms with Crippen molar-refractivity contribution < 1.29 is 9.53 Å². The zero-order chi connectivity index (χ0) is 17.7. The fourth-order valence-electron chi connectivity index (χ4n) is 2.54. The van der Waals surface area contributed by atoms with E-state index in [1.54, 1.807) is 13.2 Å². The number of hydrogen-bond acceptors (Lipinski definition) is 3. The second-order valence-electron chi connectivity index (χ2n) is 5.90. The average molecular weight is 347 g/mol. The predicted octanol–water partition coefficient (Wildman–Crippen LogP) is 4.71. The minimum absolute atomic E-state index is 0.0769. The van der Waals surface area contributed by atoms with Gasteiger partial charge in [-0.1, -0.05) is 17.7 Å². The Kier molecular flexibility index (Phi) is 6.10. The number of carbonyl (C=O) groups excluding carboxylic acids is 1. The molecular weight excluding hydrogens is 324 g/mol. The second kappa shape index (κ2) is 8.06. The highest BCUT2D eigenvalue weighted by atomic mass is 35.5. The highest BCUT2D eigenvalue weighted by Gasteiger charge is 2.10. The van der Waals surface area contributed by atoms with Crippen LogP contribution in [0.1, 0.15) is 23.1 Å². The summed E-state index contributed by atoms with van der Waals surface area (Å²) in [4.78, 5) is 12.2. The molecule has 0 bridgehead atoms. The number of carbonyl (C=O) groups is 1. The fraction of sp³-hybridized carbons (Fsp3) is 0.316. The van der Waals surface area contributed by atoms with Gasteiger partial charge in [-0.2, -0.15) is 0 Å². The third-order valence-corrected chi connectivity index (χ3v) is 4.06. The van der Waals surface area contributed by atoms with Gasteiger partial charge in [0.1, 0.15) is 5.75 Å². The minimum atomic E-state index is -0.0769. The van der Waals surface area contributed by atoms with Crippen molar-refractivity contribution >= 4 is 28.9 Å². The zero-order valence-corrected chi connectivity index (χ0v) is 15.3. The van der Waals surface area contributed by atoms with Crippen molar-refractivity contribution in [3.05, 3.63) is 52.0 Å². The number of aryl methyl sites for hydroxylation is 3. The first kappa shape index (κ1) is 18.1. The van der Waals surface area contributed by atoms with Crippen LogP contribution in [0.5, 0.6) is 5.75 Å². The summed E-state index contributed by atoms with van der Waals surface area (Å²) in [5.74, 6) is 0.480. The maximum Gasteiger partial charge on any atom is 0.226 e. The number of anilines is 2. The van der Waals surface area contributed by atoms with Gasteiger partial charge in [0.2, 0.25) is 5.91 Å². The summed E-state index contributed by atoms with van der Waals surface area (Å²) in [6.07, 6.45) is 0.359. The summed E-state index contributed by atoms with van der Waals surface area (Å²) < 4.78 is 5.27. The third-order valence-electron chi connectivity index (χ3n) is 3.66. The van der Waals surface area contributed by atoms with Gasteiger partial charge in [-0.25, -0.2) is 0 Å². The maximum atomic E-state index is 12.2. The van der Waals surface area contributed by atoms with Crippen LogP contribution < -0.4 is 15.4 Å². The van der Waals surface area contributed by atoms with E-state index in [0.717, 1.165) is 11.3 Å². The van der Waals surface area contributed by atoms with Gasteiger partial charge in [0.05, 0.1) is 12.8 Å². The number of nitrogens with one attached hydrogen (secondary N) is 2. The van der Waals surface area contributed by atoms with Gasteiger partial charge in [-0.15, -0.1) is 0 Å². The Hall–Kier alpha value is -2.20. The molecule has 0 aromatic heterocycles. The standard InChI is InChI=1S/C19H23ClN2O2/c1-12-7-13(2)9-15(8-12)21-6-5-19(23)22-17-10-14(3)16(20)11-18(17)24-4/h7-11,21H,5-6H2,1-4H3,(H,22,23). The molecule has 2 N–H and O–H groups in total. The lowest BCUT2D eigenvalue weighted by Gasteiger charge is -2.13. The largest absolute Gasteiger partial charge is 0.495 e. The number of ether oxygens (including phenoxy) is 1. The summed E-state index contributed by atoms with van der Waals surface area (Å²) in [5, 5.41) is 6.77. The Labute approximate surface area is 148 Å². The molecule has 1 amide bonds. The zero-order valence-electron chi connectivity index (χ0n) is 14.5. The van der Waals surface area contributed by atoms with Crippen LogP contribution >= 0.6 is 11.6 Å². The Morgan fingerprint density at radius 3 is 2.38 bits per heavy atom. The molecule has 24 heavy (non-hydrogen) atoms. The van der Waals surface area contributed by atoms with Crippen LogP contribution in [0.15, 0.2) is 30.3 Å². The molecule has 0 heterocycles. The Morgan fingerprint density at radius 1 is 1.08 bits per heavy atom. The SMILES string of the molecule is COc1cc(Cl)c(C)cc1NC(=O)CCNc1cc(C)cc(C)c1. The quantitative estimate of drug-likeness (QED) is 0.796. The molecule has 0 aliphatic rings. The fourth-order valence-corrected chi connectivity index (χ4v) is 2.69. The molecule has 0 saturated carbocycles. The summed E-state index contributed by atoms with van der Waals surface area (Å²) in [5.41, 5.74) is 4.95. The molecule has 0 aliphatic carbocycles. The molecule has 2 aromatic rings. The normalized spacial score (nSPS) is 10.4. The van der Waals surface area contributed by atoms with E-state index >= 15 is 0 Å². The van der Waals surface area contributed by atoms with Crippen molar-refractivity contribution in [3.8, 4) is 5.75 Å². The van der Waals surface area contributed by atoms with Gasteiger partial charge in [-0.3, -0.25) is 4.79 Å². The summed E-state index contributed by atoms with van der Waals surface area (Å²) >= 11 is 6.08. The van der Waals surface area contributed by atoms with E-state index in [-0.39, 0.29) is 5.91 Å². The van der Waals surface area contributed by atoms with Crippen LogP contribution in [0.2, 0.25) is 5.02 Å². The van der Waals surface area contributed by atoms with Crippen LogP contribution in [0, 0.1) is 20.8 Å². The second-order valence-corrected chi connectivity index (χ2v) is 6.31. The van der Waals surface area contributed by atoms with Gasteiger partial charge in [0.15, 0.2) is 0 Å². The molecule has 0 radical (unpaired) electrons. The lowest BCUT2D eigenvalue weighted by molar-refractivity contribution is -0.115. The summed E-state index contributed by atoms with van der Waals surface area (Å²) in [6.45, 7) is 6.56. The molecule has 0 atom stereocenters. The highest BCUT2D eigenvalue weighted by molar-refractivity contribution is 6.31. The van der Waals surface area contributed by atoms with Crippen molar-refractivity contribution in [2.75, 3.05) is 24.3 Å². The number of benzene rings is 2. The topological polar surface area (TPSA) is 50.4 Å². The van der Waals surface area contributed by atoms with Crippen molar-refractivity contribution in [2.45, 2.75) is 27.2 Å². The van der Waals surface area contributed by atoms with Gasteiger partial charge in [0, 0.05) is 29.7 Å². The van der Waals surface area contributed by atoms with Crippen LogP contribution in [0.3, 0.4) is 0 Å².